The Morgan fingerprint density at radius 1 is 1.10 bits per heavy atom. The number of anilines is 1. The molecule has 7 nitrogen and oxygen atoms in total. The average molecular weight is 400 g/mol. The number of para-hydroxylation sites is 1. The monoisotopic (exact) mass is 400 g/mol. The van der Waals surface area contributed by atoms with Gasteiger partial charge < -0.3 is 24.8 Å². The van der Waals surface area contributed by atoms with Crippen molar-refractivity contribution in [3.05, 3.63) is 53.1 Å². The van der Waals surface area contributed by atoms with Gasteiger partial charge >= 0.3 is 5.97 Å². The second-order valence-corrected chi connectivity index (χ2v) is 6.44. The van der Waals surface area contributed by atoms with Crippen LogP contribution in [0.1, 0.15) is 35.3 Å². The molecule has 2 rings (SSSR count). The van der Waals surface area contributed by atoms with E-state index >= 15 is 0 Å². The van der Waals surface area contributed by atoms with Crippen molar-refractivity contribution in [3.63, 3.8) is 0 Å². The molecular weight excluding hydrogens is 372 g/mol. The van der Waals surface area contributed by atoms with Crippen LogP contribution < -0.4 is 15.2 Å². The lowest BCUT2D eigenvalue weighted by Crippen LogP contribution is -2.34. The molecule has 0 bridgehead atoms. The molecule has 0 radical (unpaired) electrons. The molecule has 0 saturated carbocycles. The first-order valence-corrected chi connectivity index (χ1v) is 9.50. The van der Waals surface area contributed by atoms with E-state index in [1.807, 2.05) is 32.0 Å². The normalized spacial score (nSPS) is 10.3. The van der Waals surface area contributed by atoms with Crippen molar-refractivity contribution in [1.29, 1.82) is 0 Å². The fourth-order valence-electron chi connectivity index (χ4n) is 2.84. The van der Waals surface area contributed by atoms with Crippen LogP contribution in [0.2, 0.25) is 0 Å². The van der Waals surface area contributed by atoms with Gasteiger partial charge in [0, 0.05) is 18.8 Å². The van der Waals surface area contributed by atoms with Crippen LogP contribution in [-0.4, -0.2) is 43.6 Å². The molecule has 0 unspecified atom stereocenters. The minimum Gasteiger partial charge on any atom is -0.493 e. The van der Waals surface area contributed by atoms with E-state index in [9.17, 15) is 9.59 Å². The van der Waals surface area contributed by atoms with Crippen molar-refractivity contribution in [2.45, 2.75) is 27.3 Å². The third-order valence-corrected chi connectivity index (χ3v) is 4.51. The van der Waals surface area contributed by atoms with Gasteiger partial charge in [-0.1, -0.05) is 18.2 Å². The summed E-state index contributed by atoms with van der Waals surface area (Å²) in [5, 5.41) is 0. The highest BCUT2D eigenvalue weighted by molar-refractivity contribution is 5.96. The molecule has 2 N–H and O–H groups in total. The molecule has 0 aliphatic carbocycles. The predicted molar refractivity (Wildman–Crippen MR) is 111 cm³/mol. The van der Waals surface area contributed by atoms with E-state index in [2.05, 4.69) is 0 Å². The van der Waals surface area contributed by atoms with Crippen molar-refractivity contribution in [2.24, 2.45) is 0 Å². The fourth-order valence-corrected chi connectivity index (χ4v) is 2.84. The van der Waals surface area contributed by atoms with Gasteiger partial charge in [-0.2, -0.15) is 0 Å². The Kier molecular flexibility index (Phi) is 7.88. The molecule has 156 valence electrons. The van der Waals surface area contributed by atoms with Gasteiger partial charge in [-0.15, -0.1) is 0 Å². The third kappa shape index (κ3) is 5.63. The Bertz CT molecular complexity index is 866. The summed E-state index contributed by atoms with van der Waals surface area (Å²) >= 11 is 0. The number of methoxy groups -OCH3 is 1. The van der Waals surface area contributed by atoms with Crippen LogP contribution in [0.5, 0.6) is 11.5 Å². The van der Waals surface area contributed by atoms with Gasteiger partial charge in [0.05, 0.1) is 19.3 Å². The SMILES string of the molecule is CCOc1ccc(CN(CC)C(=O)COC(=O)c2cccc(C)c2N)cc1OC. The van der Waals surface area contributed by atoms with Crippen LogP contribution in [-0.2, 0) is 16.1 Å². The van der Waals surface area contributed by atoms with Crippen LogP contribution in [0.25, 0.3) is 0 Å². The van der Waals surface area contributed by atoms with E-state index in [1.165, 1.54) is 0 Å². The highest BCUT2D eigenvalue weighted by Crippen LogP contribution is 2.28. The Labute approximate surface area is 171 Å². The van der Waals surface area contributed by atoms with Crippen molar-refractivity contribution >= 4 is 17.6 Å². The number of rotatable bonds is 9. The van der Waals surface area contributed by atoms with E-state index in [4.69, 9.17) is 19.9 Å². The standard InChI is InChI=1S/C22H28N2O5/c1-5-24(13-16-10-11-18(28-6-2)19(12-16)27-4)20(25)14-29-22(26)17-9-7-8-15(3)21(17)23/h7-12H,5-6,13-14,23H2,1-4H3. The number of ether oxygens (including phenoxy) is 3. The molecule has 7 heteroatoms. The molecule has 0 aliphatic rings. The van der Waals surface area contributed by atoms with Gasteiger partial charge in [0.2, 0.25) is 0 Å². The van der Waals surface area contributed by atoms with Gasteiger partial charge in [-0.3, -0.25) is 4.79 Å². The molecule has 0 spiro atoms. The molecule has 2 aromatic carbocycles. The highest BCUT2D eigenvalue weighted by atomic mass is 16.5. The summed E-state index contributed by atoms with van der Waals surface area (Å²) in [4.78, 5) is 26.4. The maximum absolute atomic E-state index is 12.6. The Morgan fingerprint density at radius 2 is 1.86 bits per heavy atom. The number of nitrogens with two attached hydrogens (primary N) is 1. The first-order chi connectivity index (χ1) is 13.9. The molecule has 0 aliphatic heterocycles. The lowest BCUT2D eigenvalue weighted by molar-refractivity contribution is -0.134. The number of nitrogen functional groups attached to an aromatic ring is 1. The van der Waals surface area contributed by atoms with E-state index in [0.717, 1.165) is 11.1 Å². The Balaban J connectivity index is 2.01. The van der Waals surface area contributed by atoms with Crippen molar-refractivity contribution in [3.8, 4) is 11.5 Å². The first kappa shape index (κ1) is 22.1. The molecule has 0 heterocycles. The quantitative estimate of drug-likeness (QED) is 0.513. The summed E-state index contributed by atoms with van der Waals surface area (Å²) in [6.45, 7) is 6.59. The van der Waals surface area contributed by atoms with Gasteiger partial charge in [-0.25, -0.2) is 4.79 Å². The predicted octanol–water partition coefficient (Wildman–Crippen LogP) is 3.19. The number of nitrogens with zero attached hydrogens (tertiary/aromatic N) is 1. The molecule has 29 heavy (non-hydrogen) atoms. The van der Waals surface area contributed by atoms with Crippen molar-refractivity contribution < 1.29 is 23.8 Å². The minimum atomic E-state index is -0.613. The molecule has 0 saturated heterocycles. The lowest BCUT2D eigenvalue weighted by Gasteiger charge is -2.21. The zero-order valence-electron chi connectivity index (χ0n) is 17.4. The highest BCUT2D eigenvalue weighted by Gasteiger charge is 2.18. The maximum atomic E-state index is 12.6. The van der Waals surface area contributed by atoms with Gasteiger partial charge in [-0.05, 0) is 50.1 Å². The Hall–Kier alpha value is -3.22. The van der Waals surface area contributed by atoms with Crippen molar-refractivity contribution in [1.82, 2.24) is 4.90 Å². The molecule has 1 amide bonds. The molecule has 2 aromatic rings. The van der Waals surface area contributed by atoms with Crippen LogP contribution >= 0.6 is 0 Å². The fraction of sp³-hybridized carbons (Fsp3) is 0.364. The van der Waals surface area contributed by atoms with Crippen LogP contribution in [0.3, 0.4) is 0 Å². The molecule has 0 aromatic heterocycles. The summed E-state index contributed by atoms with van der Waals surface area (Å²) < 4.78 is 16.1. The number of hydrogen-bond acceptors (Lipinski definition) is 6. The number of aryl methyl sites for hydroxylation is 1. The number of hydrogen-bond donors (Lipinski definition) is 1. The summed E-state index contributed by atoms with van der Waals surface area (Å²) in [5.74, 6) is 0.352. The van der Waals surface area contributed by atoms with E-state index in [1.54, 1.807) is 37.1 Å². The number of likely N-dealkylation sites (N-methyl/N-ethyl adjacent to an activating group) is 1. The third-order valence-electron chi connectivity index (χ3n) is 4.51. The maximum Gasteiger partial charge on any atom is 0.340 e. The molecular formula is C22H28N2O5. The van der Waals surface area contributed by atoms with Gasteiger partial charge in [0.1, 0.15) is 0 Å². The zero-order chi connectivity index (χ0) is 21.4. The van der Waals surface area contributed by atoms with Crippen LogP contribution in [0.4, 0.5) is 5.69 Å². The van der Waals surface area contributed by atoms with Crippen LogP contribution in [0.15, 0.2) is 36.4 Å². The summed E-state index contributed by atoms with van der Waals surface area (Å²) in [7, 11) is 1.57. The van der Waals surface area contributed by atoms with E-state index in [0.29, 0.717) is 36.9 Å². The molecule has 0 fully saturated rings. The smallest absolute Gasteiger partial charge is 0.340 e. The number of amides is 1. The largest absolute Gasteiger partial charge is 0.493 e. The number of benzene rings is 2. The second kappa shape index (κ2) is 10.4. The average Bonchev–Trinajstić information content (AvgIpc) is 2.73. The minimum absolute atomic E-state index is 0.261. The summed E-state index contributed by atoms with van der Waals surface area (Å²) in [5.41, 5.74) is 8.21. The topological polar surface area (TPSA) is 91.1 Å². The van der Waals surface area contributed by atoms with Gasteiger partial charge in [0.25, 0.3) is 5.91 Å². The second-order valence-electron chi connectivity index (χ2n) is 6.44. The van der Waals surface area contributed by atoms with E-state index in [-0.39, 0.29) is 18.1 Å². The van der Waals surface area contributed by atoms with Crippen molar-refractivity contribution in [2.75, 3.05) is 32.6 Å². The summed E-state index contributed by atoms with van der Waals surface area (Å²) in [6.07, 6.45) is 0. The first-order valence-electron chi connectivity index (χ1n) is 9.50. The number of carbonyl (C=O) groups excluding carboxylic acids is 2. The van der Waals surface area contributed by atoms with Crippen LogP contribution in [0, 0.1) is 6.92 Å². The molecule has 0 atom stereocenters. The lowest BCUT2D eigenvalue weighted by atomic mass is 10.1. The summed E-state index contributed by atoms with van der Waals surface area (Å²) in [6, 6.07) is 10.6. The Morgan fingerprint density at radius 3 is 2.52 bits per heavy atom. The van der Waals surface area contributed by atoms with Gasteiger partial charge in [0.15, 0.2) is 18.1 Å². The zero-order valence-corrected chi connectivity index (χ0v) is 17.4. The van der Waals surface area contributed by atoms with E-state index < -0.39 is 5.97 Å². The number of carbonyl (C=O) groups is 2. The number of esters is 1.